The number of nitrogen functional groups attached to an aromatic ring is 1. The van der Waals surface area contributed by atoms with Crippen LogP contribution in [-0.2, 0) is 7.05 Å². The minimum atomic E-state index is 0.415. The number of aryl methyl sites for hydroxylation is 1. The topological polar surface area (TPSA) is 67.6 Å². The summed E-state index contributed by atoms with van der Waals surface area (Å²) in [4.78, 5) is 4.19. The molecule has 0 amide bonds. The van der Waals surface area contributed by atoms with Gasteiger partial charge in [-0.25, -0.2) is 4.98 Å². The van der Waals surface area contributed by atoms with Crippen LogP contribution >= 0.6 is 0 Å². The molecule has 0 aliphatic heterocycles. The van der Waals surface area contributed by atoms with E-state index >= 15 is 0 Å². The molecule has 4 nitrogen and oxygen atoms in total. The third kappa shape index (κ3) is 1.43. The molecule has 16 heavy (non-hydrogen) atoms. The Kier molecular flexibility index (Phi) is 2.37. The van der Waals surface area contributed by atoms with E-state index in [1.807, 2.05) is 42.8 Å². The van der Waals surface area contributed by atoms with Crippen molar-refractivity contribution in [1.29, 1.82) is 5.26 Å². The fraction of sp³-hybridized carbons (Fsp3) is 0.167. The fourth-order valence-electron chi connectivity index (χ4n) is 1.71. The zero-order valence-electron chi connectivity index (χ0n) is 9.23. The van der Waals surface area contributed by atoms with Gasteiger partial charge >= 0.3 is 0 Å². The molecule has 0 radical (unpaired) electrons. The van der Waals surface area contributed by atoms with Crippen LogP contribution in [0.5, 0.6) is 0 Å². The van der Waals surface area contributed by atoms with Crippen LogP contribution in [0.15, 0.2) is 24.3 Å². The van der Waals surface area contributed by atoms with Gasteiger partial charge < -0.3 is 10.3 Å². The summed E-state index contributed by atoms with van der Waals surface area (Å²) < 4.78 is 1.88. The quantitative estimate of drug-likeness (QED) is 0.733. The molecule has 4 heteroatoms. The van der Waals surface area contributed by atoms with Crippen molar-refractivity contribution in [2.24, 2.45) is 7.05 Å². The first-order valence-corrected chi connectivity index (χ1v) is 4.93. The minimum absolute atomic E-state index is 0.415. The molecule has 1 aromatic carbocycles. The summed E-state index contributed by atoms with van der Waals surface area (Å²) in [5.74, 6) is 0.801. The number of imidazole rings is 1. The number of hydrogen-bond donors (Lipinski definition) is 1. The van der Waals surface area contributed by atoms with Crippen LogP contribution in [0.4, 0.5) is 5.69 Å². The van der Waals surface area contributed by atoms with Gasteiger partial charge in [-0.1, -0.05) is 18.2 Å². The van der Waals surface area contributed by atoms with Crippen molar-refractivity contribution in [2.75, 3.05) is 5.73 Å². The molecule has 0 fully saturated rings. The molecule has 0 spiro atoms. The number of rotatable bonds is 1. The lowest BCUT2D eigenvalue weighted by Gasteiger charge is -2.07. The Hall–Kier alpha value is -2.28. The second-order valence-corrected chi connectivity index (χ2v) is 3.61. The van der Waals surface area contributed by atoms with E-state index in [0.29, 0.717) is 11.4 Å². The highest BCUT2D eigenvalue weighted by Gasteiger charge is 2.15. The Bertz CT molecular complexity index is 575. The summed E-state index contributed by atoms with van der Waals surface area (Å²) in [6, 6.07) is 9.58. The average Bonchev–Trinajstić information content (AvgIpc) is 2.56. The van der Waals surface area contributed by atoms with Gasteiger partial charge in [-0.2, -0.15) is 5.26 Å². The van der Waals surface area contributed by atoms with E-state index in [-0.39, 0.29) is 0 Å². The van der Waals surface area contributed by atoms with Crippen LogP contribution < -0.4 is 5.73 Å². The molecule has 1 aromatic heterocycles. The zero-order valence-corrected chi connectivity index (χ0v) is 9.23. The van der Waals surface area contributed by atoms with Crippen molar-refractivity contribution < 1.29 is 0 Å². The van der Waals surface area contributed by atoms with Crippen LogP contribution in [0.2, 0.25) is 0 Å². The highest BCUT2D eigenvalue weighted by molar-refractivity contribution is 5.77. The van der Waals surface area contributed by atoms with Gasteiger partial charge in [-0.05, 0) is 13.0 Å². The van der Waals surface area contributed by atoms with Gasteiger partial charge in [0, 0.05) is 18.3 Å². The molecule has 0 aliphatic rings. The third-order valence-corrected chi connectivity index (χ3v) is 2.64. The van der Waals surface area contributed by atoms with Crippen molar-refractivity contribution in [1.82, 2.24) is 9.55 Å². The number of benzene rings is 1. The fourth-order valence-corrected chi connectivity index (χ4v) is 1.71. The van der Waals surface area contributed by atoms with Crippen molar-refractivity contribution in [3.63, 3.8) is 0 Å². The standard InChI is InChI=1S/C12H12N4/c1-8-15-11(7-13)12(16(8)2)9-5-3-4-6-10(9)14/h3-6H,14H2,1-2H3. The lowest BCUT2D eigenvalue weighted by Crippen LogP contribution is -1.98. The Labute approximate surface area is 94.0 Å². The van der Waals surface area contributed by atoms with E-state index in [1.165, 1.54) is 0 Å². The normalized spacial score (nSPS) is 10.1. The molecule has 0 saturated carbocycles. The second kappa shape index (κ2) is 3.70. The summed E-state index contributed by atoms with van der Waals surface area (Å²) in [5.41, 5.74) is 8.60. The van der Waals surface area contributed by atoms with Crippen molar-refractivity contribution in [2.45, 2.75) is 6.92 Å². The van der Waals surface area contributed by atoms with E-state index in [0.717, 1.165) is 17.1 Å². The summed E-state index contributed by atoms with van der Waals surface area (Å²) >= 11 is 0. The second-order valence-electron chi connectivity index (χ2n) is 3.61. The Balaban J connectivity index is 2.74. The van der Waals surface area contributed by atoms with E-state index in [4.69, 9.17) is 11.0 Å². The predicted molar refractivity (Wildman–Crippen MR) is 62.5 cm³/mol. The highest BCUT2D eigenvalue weighted by atomic mass is 15.1. The van der Waals surface area contributed by atoms with Crippen molar-refractivity contribution >= 4 is 5.69 Å². The molecule has 2 aromatic rings. The summed E-state index contributed by atoms with van der Waals surface area (Å²) in [6.45, 7) is 1.86. The lowest BCUT2D eigenvalue weighted by atomic mass is 10.1. The van der Waals surface area contributed by atoms with Gasteiger partial charge in [-0.15, -0.1) is 0 Å². The lowest BCUT2D eigenvalue weighted by molar-refractivity contribution is 0.865. The molecule has 1 heterocycles. The van der Waals surface area contributed by atoms with E-state index in [2.05, 4.69) is 11.1 Å². The van der Waals surface area contributed by atoms with E-state index < -0.39 is 0 Å². The van der Waals surface area contributed by atoms with Gasteiger partial charge in [0.2, 0.25) is 0 Å². The van der Waals surface area contributed by atoms with Gasteiger partial charge in [-0.3, -0.25) is 0 Å². The first-order valence-electron chi connectivity index (χ1n) is 4.93. The molecule has 0 aliphatic carbocycles. The minimum Gasteiger partial charge on any atom is -0.398 e. The van der Waals surface area contributed by atoms with Crippen LogP contribution in [0.3, 0.4) is 0 Å². The third-order valence-electron chi connectivity index (χ3n) is 2.64. The number of nitrogens with zero attached hydrogens (tertiary/aromatic N) is 3. The number of hydrogen-bond acceptors (Lipinski definition) is 3. The number of anilines is 1. The van der Waals surface area contributed by atoms with Gasteiger partial charge in [0.1, 0.15) is 11.9 Å². The molecule has 0 bridgehead atoms. The van der Waals surface area contributed by atoms with Crippen LogP contribution in [0.1, 0.15) is 11.5 Å². The molecule has 0 atom stereocenters. The molecule has 0 unspecified atom stereocenters. The maximum atomic E-state index is 9.04. The van der Waals surface area contributed by atoms with Crippen LogP contribution in [-0.4, -0.2) is 9.55 Å². The number of nitriles is 1. The summed E-state index contributed by atoms with van der Waals surface area (Å²) in [7, 11) is 1.88. The van der Waals surface area contributed by atoms with Crippen LogP contribution in [0.25, 0.3) is 11.3 Å². The maximum Gasteiger partial charge on any atom is 0.166 e. The van der Waals surface area contributed by atoms with Gasteiger partial charge in [0.05, 0.1) is 5.69 Å². The largest absolute Gasteiger partial charge is 0.398 e. The Morgan fingerprint density at radius 2 is 2.06 bits per heavy atom. The molecule has 80 valence electrons. The average molecular weight is 212 g/mol. The van der Waals surface area contributed by atoms with E-state index in [9.17, 15) is 0 Å². The monoisotopic (exact) mass is 212 g/mol. The zero-order chi connectivity index (χ0) is 11.7. The van der Waals surface area contributed by atoms with E-state index in [1.54, 1.807) is 0 Å². The molecular formula is C12H12N4. The molecule has 2 rings (SSSR count). The molecular weight excluding hydrogens is 200 g/mol. The number of aromatic nitrogens is 2. The SMILES string of the molecule is Cc1nc(C#N)c(-c2ccccc2N)n1C. The maximum absolute atomic E-state index is 9.04. The Morgan fingerprint density at radius 1 is 1.38 bits per heavy atom. The summed E-state index contributed by atoms with van der Waals surface area (Å²) in [5, 5.41) is 9.04. The smallest absolute Gasteiger partial charge is 0.166 e. The van der Waals surface area contributed by atoms with Crippen LogP contribution in [0, 0.1) is 18.3 Å². The number of nitrogens with two attached hydrogens (primary N) is 1. The highest BCUT2D eigenvalue weighted by Crippen LogP contribution is 2.28. The van der Waals surface area contributed by atoms with Gasteiger partial charge in [0.25, 0.3) is 0 Å². The molecule has 0 saturated heterocycles. The van der Waals surface area contributed by atoms with Crippen molar-refractivity contribution in [3.05, 3.63) is 35.8 Å². The first-order chi connectivity index (χ1) is 7.65. The number of para-hydroxylation sites is 1. The predicted octanol–water partition coefficient (Wildman–Crippen LogP) is 1.85. The Morgan fingerprint density at radius 3 is 2.69 bits per heavy atom. The van der Waals surface area contributed by atoms with Crippen molar-refractivity contribution in [3.8, 4) is 17.3 Å². The molecule has 2 N–H and O–H groups in total. The van der Waals surface area contributed by atoms with Gasteiger partial charge in [0.15, 0.2) is 5.69 Å². The summed E-state index contributed by atoms with van der Waals surface area (Å²) in [6.07, 6.45) is 0. The first kappa shape index (κ1) is 10.2.